The van der Waals surface area contributed by atoms with E-state index in [0.29, 0.717) is 6.04 Å². The van der Waals surface area contributed by atoms with E-state index < -0.39 is 0 Å². The lowest BCUT2D eigenvalue weighted by Gasteiger charge is -2.28. The summed E-state index contributed by atoms with van der Waals surface area (Å²) in [7, 11) is 0. The van der Waals surface area contributed by atoms with Gasteiger partial charge in [0.05, 0.1) is 0 Å². The molecular formula is C15H24N2. The minimum atomic E-state index is 0.149. The summed E-state index contributed by atoms with van der Waals surface area (Å²) in [6, 6.07) is 9.17. The number of hydrogen-bond donors (Lipinski definition) is 1. The maximum atomic E-state index is 6.01. The third-order valence-electron chi connectivity index (χ3n) is 3.04. The Balaban J connectivity index is 2.87. The Kier molecular flexibility index (Phi) is 5.23. The van der Waals surface area contributed by atoms with Crippen molar-refractivity contribution in [1.29, 1.82) is 0 Å². The molecule has 17 heavy (non-hydrogen) atoms. The van der Waals surface area contributed by atoms with Crippen LogP contribution in [0.1, 0.15) is 38.8 Å². The molecule has 0 aliphatic rings. The Hall–Kier alpha value is -1.28. The third-order valence-corrected chi connectivity index (χ3v) is 3.04. The van der Waals surface area contributed by atoms with Gasteiger partial charge < -0.3 is 10.6 Å². The summed E-state index contributed by atoms with van der Waals surface area (Å²) in [4.78, 5) is 2.31. The summed E-state index contributed by atoms with van der Waals surface area (Å²) < 4.78 is 0. The van der Waals surface area contributed by atoms with Crippen molar-refractivity contribution in [2.45, 2.75) is 39.3 Å². The van der Waals surface area contributed by atoms with Crippen molar-refractivity contribution in [3.8, 4) is 0 Å². The molecular weight excluding hydrogens is 208 g/mol. The van der Waals surface area contributed by atoms with E-state index in [0.717, 1.165) is 13.0 Å². The molecule has 0 amide bonds. The molecule has 1 atom stereocenters. The van der Waals surface area contributed by atoms with E-state index in [2.05, 4.69) is 56.5 Å². The molecule has 2 nitrogen and oxygen atoms in total. The van der Waals surface area contributed by atoms with Crippen LogP contribution in [0.5, 0.6) is 0 Å². The Labute approximate surface area is 105 Å². The van der Waals surface area contributed by atoms with E-state index in [-0.39, 0.29) is 6.04 Å². The summed E-state index contributed by atoms with van der Waals surface area (Å²) in [6.07, 6.45) is 2.91. The maximum absolute atomic E-state index is 6.01. The lowest BCUT2D eigenvalue weighted by atomic mass is 10.0. The molecule has 94 valence electrons. The highest BCUT2D eigenvalue weighted by Gasteiger charge is 2.09. The van der Waals surface area contributed by atoms with E-state index in [1.807, 2.05) is 6.08 Å². The quantitative estimate of drug-likeness (QED) is 0.761. The van der Waals surface area contributed by atoms with Crippen molar-refractivity contribution < 1.29 is 0 Å². The molecule has 2 heteroatoms. The Morgan fingerprint density at radius 2 is 1.88 bits per heavy atom. The topological polar surface area (TPSA) is 29.3 Å². The fourth-order valence-corrected chi connectivity index (χ4v) is 1.90. The fourth-order valence-electron chi connectivity index (χ4n) is 1.90. The zero-order chi connectivity index (χ0) is 12.8. The van der Waals surface area contributed by atoms with Gasteiger partial charge in [0.25, 0.3) is 0 Å². The highest BCUT2D eigenvalue weighted by molar-refractivity contribution is 5.49. The summed E-state index contributed by atoms with van der Waals surface area (Å²) in [6.45, 7) is 11.2. The Morgan fingerprint density at radius 1 is 1.29 bits per heavy atom. The van der Waals surface area contributed by atoms with Crippen LogP contribution in [0.3, 0.4) is 0 Å². The zero-order valence-electron chi connectivity index (χ0n) is 11.2. The predicted octanol–water partition coefficient (Wildman–Crippen LogP) is 3.50. The van der Waals surface area contributed by atoms with E-state index in [1.54, 1.807) is 0 Å². The first-order valence-electron chi connectivity index (χ1n) is 6.33. The van der Waals surface area contributed by atoms with Crippen LogP contribution in [0, 0.1) is 0 Å². The molecule has 0 aliphatic heterocycles. The van der Waals surface area contributed by atoms with Gasteiger partial charge in [0.1, 0.15) is 0 Å². The lowest BCUT2D eigenvalue weighted by Crippen LogP contribution is -2.30. The zero-order valence-corrected chi connectivity index (χ0v) is 11.2. The van der Waals surface area contributed by atoms with Crippen molar-refractivity contribution in [3.05, 3.63) is 42.5 Å². The Morgan fingerprint density at radius 3 is 2.29 bits per heavy atom. The molecule has 1 rings (SSSR count). The SMILES string of the molecule is C=CCN(c1ccc([C@@H](N)CC)cc1)C(C)C. The van der Waals surface area contributed by atoms with Gasteiger partial charge in [-0.25, -0.2) is 0 Å². The molecule has 2 N–H and O–H groups in total. The number of anilines is 1. The van der Waals surface area contributed by atoms with Crippen LogP contribution in [-0.4, -0.2) is 12.6 Å². The maximum Gasteiger partial charge on any atom is 0.0371 e. The molecule has 0 bridgehead atoms. The van der Waals surface area contributed by atoms with Crippen LogP contribution in [0.2, 0.25) is 0 Å². The normalized spacial score (nSPS) is 12.5. The van der Waals surface area contributed by atoms with Crippen LogP contribution >= 0.6 is 0 Å². The second-order valence-electron chi connectivity index (χ2n) is 4.64. The van der Waals surface area contributed by atoms with Gasteiger partial charge in [-0.15, -0.1) is 6.58 Å². The number of nitrogens with two attached hydrogens (primary N) is 1. The molecule has 0 radical (unpaired) electrons. The third kappa shape index (κ3) is 3.60. The lowest BCUT2D eigenvalue weighted by molar-refractivity contribution is 0.696. The molecule has 0 saturated carbocycles. The molecule has 0 heterocycles. The highest BCUT2D eigenvalue weighted by Crippen LogP contribution is 2.21. The largest absolute Gasteiger partial charge is 0.365 e. The molecule has 0 aromatic heterocycles. The standard InChI is InChI=1S/C15H24N2/c1-5-11-17(12(3)4)14-9-7-13(8-10-14)15(16)6-2/h5,7-10,12,15H,1,6,11,16H2,2-4H3/t15-/m0/s1. The average Bonchev–Trinajstić information content (AvgIpc) is 2.35. The van der Waals surface area contributed by atoms with Gasteiger partial charge >= 0.3 is 0 Å². The van der Waals surface area contributed by atoms with E-state index in [4.69, 9.17) is 5.73 Å². The molecule has 0 saturated heterocycles. The van der Waals surface area contributed by atoms with Crippen LogP contribution in [0.25, 0.3) is 0 Å². The molecule has 1 aromatic carbocycles. The van der Waals surface area contributed by atoms with Gasteiger partial charge in [-0.3, -0.25) is 0 Å². The van der Waals surface area contributed by atoms with E-state index in [1.165, 1.54) is 11.3 Å². The number of rotatable bonds is 6. The average molecular weight is 232 g/mol. The van der Waals surface area contributed by atoms with Crippen molar-refractivity contribution in [1.82, 2.24) is 0 Å². The van der Waals surface area contributed by atoms with Crippen LogP contribution < -0.4 is 10.6 Å². The second-order valence-corrected chi connectivity index (χ2v) is 4.64. The first-order valence-corrected chi connectivity index (χ1v) is 6.33. The van der Waals surface area contributed by atoms with E-state index >= 15 is 0 Å². The van der Waals surface area contributed by atoms with Crippen molar-refractivity contribution in [2.75, 3.05) is 11.4 Å². The van der Waals surface area contributed by atoms with Crippen LogP contribution in [0.15, 0.2) is 36.9 Å². The van der Waals surface area contributed by atoms with Gasteiger partial charge in [0, 0.05) is 24.3 Å². The summed E-state index contributed by atoms with van der Waals surface area (Å²) in [5.74, 6) is 0. The van der Waals surface area contributed by atoms with Gasteiger partial charge in [0.2, 0.25) is 0 Å². The molecule has 0 spiro atoms. The van der Waals surface area contributed by atoms with Gasteiger partial charge in [-0.2, -0.15) is 0 Å². The van der Waals surface area contributed by atoms with Crippen LogP contribution in [0.4, 0.5) is 5.69 Å². The van der Waals surface area contributed by atoms with Crippen molar-refractivity contribution in [3.63, 3.8) is 0 Å². The second kappa shape index (κ2) is 6.45. The number of hydrogen-bond acceptors (Lipinski definition) is 2. The summed E-state index contributed by atoms with van der Waals surface area (Å²) in [5, 5.41) is 0. The monoisotopic (exact) mass is 232 g/mol. The molecule has 0 unspecified atom stereocenters. The highest BCUT2D eigenvalue weighted by atomic mass is 15.1. The van der Waals surface area contributed by atoms with Crippen LogP contribution in [-0.2, 0) is 0 Å². The minimum Gasteiger partial charge on any atom is -0.365 e. The smallest absolute Gasteiger partial charge is 0.0371 e. The predicted molar refractivity (Wildman–Crippen MR) is 76.3 cm³/mol. The Bertz CT molecular complexity index is 340. The van der Waals surface area contributed by atoms with Crippen molar-refractivity contribution >= 4 is 5.69 Å². The van der Waals surface area contributed by atoms with Crippen molar-refractivity contribution in [2.24, 2.45) is 5.73 Å². The summed E-state index contributed by atoms with van der Waals surface area (Å²) >= 11 is 0. The molecule has 0 fully saturated rings. The number of benzene rings is 1. The fraction of sp³-hybridized carbons (Fsp3) is 0.467. The van der Waals surface area contributed by atoms with Gasteiger partial charge in [-0.05, 0) is 38.0 Å². The van der Waals surface area contributed by atoms with E-state index in [9.17, 15) is 0 Å². The van der Waals surface area contributed by atoms with Gasteiger partial charge in [-0.1, -0.05) is 25.1 Å². The van der Waals surface area contributed by atoms with Gasteiger partial charge in [0.15, 0.2) is 0 Å². The molecule has 1 aromatic rings. The summed E-state index contributed by atoms with van der Waals surface area (Å²) in [5.41, 5.74) is 8.44. The minimum absolute atomic E-state index is 0.149. The number of nitrogens with zero attached hydrogens (tertiary/aromatic N) is 1. The molecule has 0 aliphatic carbocycles. The first-order chi connectivity index (χ1) is 8.10. The first kappa shape index (κ1) is 13.8.